The Bertz CT molecular complexity index is 915. The van der Waals surface area contributed by atoms with Gasteiger partial charge in [0.2, 0.25) is 0 Å². The number of anilines is 1. The highest BCUT2D eigenvalue weighted by molar-refractivity contribution is 5.98. The van der Waals surface area contributed by atoms with Gasteiger partial charge in [-0.25, -0.2) is 4.79 Å². The summed E-state index contributed by atoms with van der Waals surface area (Å²) in [7, 11) is 0. The Balaban J connectivity index is 1.71. The van der Waals surface area contributed by atoms with E-state index >= 15 is 0 Å². The van der Waals surface area contributed by atoms with Gasteiger partial charge in [-0.3, -0.25) is 9.89 Å². The molecule has 2 heterocycles. The number of aromatic amines is 1. The molecule has 0 saturated carbocycles. The van der Waals surface area contributed by atoms with Gasteiger partial charge in [0.15, 0.2) is 11.9 Å². The molecule has 0 radical (unpaired) electrons. The van der Waals surface area contributed by atoms with E-state index in [9.17, 15) is 9.59 Å². The van der Waals surface area contributed by atoms with E-state index in [4.69, 9.17) is 9.26 Å². The number of aromatic nitrogens is 3. The molecule has 1 unspecified atom stereocenters. The fourth-order valence-corrected chi connectivity index (χ4v) is 2.53. The molecule has 26 heavy (non-hydrogen) atoms. The highest BCUT2D eigenvalue weighted by atomic mass is 16.5. The Labute approximate surface area is 149 Å². The maximum Gasteiger partial charge on any atom is 0.338 e. The van der Waals surface area contributed by atoms with E-state index in [0.29, 0.717) is 23.6 Å². The molecule has 0 aliphatic rings. The zero-order chi connectivity index (χ0) is 18.5. The van der Waals surface area contributed by atoms with Gasteiger partial charge in [0, 0.05) is 11.5 Å². The first kappa shape index (κ1) is 17.7. The number of amides is 1. The van der Waals surface area contributed by atoms with Crippen molar-refractivity contribution in [1.82, 2.24) is 15.4 Å². The zero-order valence-electron chi connectivity index (χ0n) is 14.6. The van der Waals surface area contributed by atoms with Gasteiger partial charge in [-0.05, 0) is 31.9 Å². The van der Waals surface area contributed by atoms with Crippen molar-refractivity contribution >= 4 is 28.6 Å². The summed E-state index contributed by atoms with van der Waals surface area (Å²) in [5.41, 5.74) is 1.08. The Hall–Kier alpha value is -3.16. The van der Waals surface area contributed by atoms with Crippen LogP contribution in [0.4, 0.5) is 5.82 Å². The highest BCUT2D eigenvalue weighted by Gasteiger charge is 2.24. The maximum atomic E-state index is 12.5. The second kappa shape index (κ2) is 7.81. The third-order valence-corrected chi connectivity index (χ3v) is 3.92. The van der Waals surface area contributed by atoms with Crippen LogP contribution in [0, 0.1) is 6.92 Å². The average Bonchev–Trinajstić information content (AvgIpc) is 3.26. The van der Waals surface area contributed by atoms with E-state index in [1.807, 2.05) is 6.92 Å². The van der Waals surface area contributed by atoms with Gasteiger partial charge in [0.25, 0.3) is 5.91 Å². The van der Waals surface area contributed by atoms with E-state index in [1.54, 1.807) is 37.4 Å². The van der Waals surface area contributed by atoms with Gasteiger partial charge in [0.1, 0.15) is 5.76 Å². The molecule has 0 fully saturated rings. The summed E-state index contributed by atoms with van der Waals surface area (Å²) in [5.74, 6) is -0.115. The molecule has 2 aromatic heterocycles. The lowest BCUT2D eigenvalue weighted by molar-refractivity contribution is -0.125. The Morgan fingerprint density at radius 1 is 1.35 bits per heavy atom. The minimum absolute atomic E-state index is 0.295. The standard InChI is InChI=1S/C18H20N4O4/c1-3-4-5-15(17(23)20-16-8-11(2)26-22-16)25-18(24)12-6-7-13-10-19-21-14(13)9-12/h6-10,15H,3-5H2,1-2H3,(H,19,21)(H,20,22,23). The van der Waals surface area contributed by atoms with Crippen LogP contribution in [0.2, 0.25) is 0 Å². The number of nitrogens with zero attached hydrogens (tertiary/aromatic N) is 2. The minimum Gasteiger partial charge on any atom is -0.449 e. The summed E-state index contributed by atoms with van der Waals surface area (Å²) in [6.07, 6.45) is 2.82. The third kappa shape index (κ3) is 4.08. The van der Waals surface area contributed by atoms with Crippen LogP contribution in [-0.2, 0) is 9.53 Å². The quantitative estimate of drug-likeness (QED) is 0.629. The molecule has 0 spiro atoms. The molecule has 0 aliphatic carbocycles. The molecule has 3 aromatic rings. The number of ether oxygens (including phenoxy) is 1. The molecule has 0 bridgehead atoms. The van der Waals surface area contributed by atoms with Crippen molar-refractivity contribution in [2.75, 3.05) is 5.32 Å². The molecule has 1 aromatic carbocycles. The topological polar surface area (TPSA) is 110 Å². The van der Waals surface area contributed by atoms with Crippen LogP contribution >= 0.6 is 0 Å². The first-order valence-electron chi connectivity index (χ1n) is 8.45. The van der Waals surface area contributed by atoms with Crippen LogP contribution < -0.4 is 5.32 Å². The Kier molecular flexibility index (Phi) is 5.31. The van der Waals surface area contributed by atoms with Crippen molar-refractivity contribution in [2.45, 2.75) is 39.2 Å². The molecule has 3 rings (SSSR count). The van der Waals surface area contributed by atoms with Crippen LogP contribution in [0.5, 0.6) is 0 Å². The summed E-state index contributed by atoms with van der Waals surface area (Å²) in [6, 6.07) is 6.67. The van der Waals surface area contributed by atoms with Gasteiger partial charge < -0.3 is 14.6 Å². The molecular weight excluding hydrogens is 336 g/mol. The van der Waals surface area contributed by atoms with Crippen LogP contribution in [0.25, 0.3) is 10.9 Å². The second-order valence-corrected chi connectivity index (χ2v) is 6.02. The number of carbonyl (C=O) groups is 2. The minimum atomic E-state index is -0.906. The fraction of sp³-hybridized carbons (Fsp3) is 0.333. The van der Waals surface area contributed by atoms with Crippen molar-refractivity contribution in [3.8, 4) is 0 Å². The molecule has 0 aliphatic heterocycles. The summed E-state index contributed by atoms with van der Waals surface area (Å²) in [5, 5.41) is 14.0. The van der Waals surface area contributed by atoms with E-state index < -0.39 is 18.0 Å². The number of carbonyl (C=O) groups excluding carboxylic acids is 2. The van der Waals surface area contributed by atoms with Gasteiger partial charge in [0.05, 0.1) is 17.3 Å². The summed E-state index contributed by atoms with van der Waals surface area (Å²) < 4.78 is 10.4. The van der Waals surface area contributed by atoms with Gasteiger partial charge in [-0.2, -0.15) is 5.10 Å². The van der Waals surface area contributed by atoms with E-state index in [1.165, 1.54) is 0 Å². The van der Waals surface area contributed by atoms with Gasteiger partial charge in [-0.15, -0.1) is 0 Å². The molecule has 2 N–H and O–H groups in total. The summed E-state index contributed by atoms with van der Waals surface area (Å²) in [6.45, 7) is 3.73. The summed E-state index contributed by atoms with van der Waals surface area (Å²) in [4.78, 5) is 25.0. The molecule has 136 valence electrons. The lowest BCUT2D eigenvalue weighted by atomic mass is 10.1. The average molecular weight is 356 g/mol. The van der Waals surface area contributed by atoms with Crippen molar-refractivity contribution in [3.63, 3.8) is 0 Å². The molecular formula is C18H20N4O4. The van der Waals surface area contributed by atoms with Crippen molar-refractivity contribution < 1.29 is 18.8 Å². The number of rotatable bonds is 7. The zero-order valence-corrected chi connectivity index (χ0v) is 14.6. The highest BCUT2D eigenvalue weighted by Crippen LogP contribution is 2.16. The molecule has 0 saturated heterocycles. The number of nitrogens with one attached hydrogen (secondary N) is 2. The predicted octanol–water partition coefficient (Wildman–Crippen LogP) is 3.21. The van der Waals surface area contributed by atoms with Crippen molar-refractivity contribution in [1.29, 1.82) is 0 Å². The molecule has 1 amide bonds. The molecule has 1 atom stereocenters. The number of benzene rings is 1. The van der Waals surface area contributed by atoms with Crippen LogP contribution in [0.1, 0.15) is 42.3 Å². The smallest absolute Gasteiger partial charge is 0.338 e. The lowest BCUT2D eigenvalue weighted by Gasteiger charge is -2.16. The van der Waals surface area contributed by atoms with Crippen LogP contribution in [-0.4, -0.2) is 33.3 Å². The maximum absolute atomic E-state index is 12.5. The van der Waals surface area contributed by atoms with Crippen LogP contribution in [0.15, 0.2) is 35.0 Å². The number of H-pyrrole nitrogens is 1. The molecule has 8 heteroatoms. The van der Waals surface area contributed by atoms with E-state index in [0.717, 1.165) is 23.7 Å². The number of hydrogen-bond donors (Lipinski definition) is 2. The molecule has 8 nitrogen and oxygen atoms in total. The van der Waals surface area contributed by atoms with Crippen LogP contribution in [0.3, 0.4) is 0 Å². The van der Waals surface area contributed by atoms with E-state index in [2.05, 4.69) is 20.7 Å². The Morgan fingerprint density at radius 3 is 2.92 bits per heavy atom. The number of unbranched alkanes of at least 4 members (excludes halogenated alkanes) is 1. The number of esters is 1. The van der Waals surface area contributed by atoms with Gasteiger partial charge in [-0.1, -0.05) is 24.6 Å². The predicted molar refractivity (Wildman–Crippen MR) is 94.7 cm³/mol. The SMILES string of the molecule is CCCCC(OC(=O)c1ccc2cn[nH]c2c1)C(=O)Nc1cc(C)on1. The fourth-order valence-electron chi connectivity index (χ4n) is 2.53. The number of aryl methyl sites for hydroxylation is 1. The largest absolute Gasteiger partial charge is 0.449 e. The number of fused-ring (bicyclic) bond motifs is 1. The van der Waals surface area contributed by atoms with Gasteiger partial charge >= 0.3 is 5.97 Å². The second-order valence-electron chi connectivity index (χ2n) is 6.02. The third-order valence-electron chi connectivity index (χ3n) is 3.92. The number of hydrogen-bond acceptors (Lipinski definition) is 6. The monoisotopic (exact) mass is 356 g/mol. The normalized spacial score (nSPS) is 12.1. The lowest BCUT2D eigenvalue weighted by Crippen LogP contribution is -2.32. The first-order valence-corrected chi connectivity index (χ1v) is 8.45. The van der Waals surface area contributed by atoms with Crippen molar-refractivity contribution in [2.24, 2.45) is 0 Å². The summed E-state index contributed by atoms with van der Waals surface area (Å²) >= 11 is 0. The Morgan fingerprint density at radius 2 is 2.19 bits per heavy atom. The first-order chi connectivity index (χ1) is 12.6. The van der Waals surface area contributed by atoms with Crippen molar-refractivity contribution in [3.05, 3.63) is 41.8 Å². The van der Waals surface area contributed by atoms with E-state index in [-0.39, 0.29) is 0 Å².